The first-order valence-corrected chi connectivity index (χ1v) is 4.75. The highest BCUT2D eigenvalue weighted by Gasteiger charge is 2.38. The fraction of sp³-hybridized carbons (Fsp3) is 0.889. The van der Waals surface area contributed by atoms with Crippen molar-refractivity contribution in [3.05, 3.63) is 0 Å². The number of hydrogen-bond acceptors (Lipinski definition) is 3. The standard InChI is InChI=1S/C9H18N2O2/c1-3-9(13)6-11(7-9)5-4-10-8(2)12/h13H,3-7H2,1-2H3,(H,10,12). The molecule has 0 saturated carbocycles. The van der Waals surface area contributed by atoms with Crippen LogP contribution in [0.1, 0.15) is 20.3 Å². The van der Waals surface area contributed by atoms with Crippen LogP contribution in [0.5, 0.6) is 0 Å². The second kappa shape index (κ2) is 4.07. The molecule has 76 valence electrons. The van der Waals surface area contributed by atoms with E-state index in [0.717, 1.165) is 26.1 Å². The van der Waals surface area contributed by atoms with Crippen LogP contribution in [0, 0.1) is 0 Å². The lowest BCUT2D eigenvalue weighted by molar-refractivity contribution is -0.119. The lowest BCUT2D eigenvalue weighted by Crippen LogP contribution is -2.62. The Morgan fingerprint density at radius 2 is 2.23 bits per heavy atom. The number of nitrogens with one attached hydrogen (secondary N) is 1. The van der Waals surface area contributed by atoms with E-state index in [1.165, 1.54) is 6.92 Å². The molecular formula is C9H18N2O2. The number of hydrogen-bond donors (Lipinski definition) is 2. The van der Waals surface area contributed by atoms with Gasteiger partial charge in [-0.3, -0.25) is 9.69 Å². The summed E-state index contributed by atoms with van der Waals surface area (Å²) in [5, 5.41) is 12.4. The van der Waals surface area contributed by atoms with E-state index < -0.39 is 5.60 Å². The molecule has 0 atom stereocenters. The van der Waals surface area contributed by atoms with Crippen LogP contribution in [0.2, 0.25) is 0 Å². The van der Waals surface area contributed by atoms with Crippen molar-refractivity contribution >= 4 is 5.91 Å². The molecule has 0 unspecified atom stereocenters. The number of carbonyl (C=O) groups excluding carboxylic acids is 1. The maximum atomic E-state index is 10.5. The van der Waals surface area contributed by atoms with Crippen molar-refractivity contribution < 1.29 is 9.90 Å². The Labute approximate surface area is 78.9 Å². The average molecular weight is 186 g/mol. The minimum Gasteiger partial charge on any atom is -0.387 e. The van der Waals surface area contributed by atoms with Crippen LogP contribution in [0.15, 0.2) is 0 Å². The molecule has 0 aliphatic carbocycles. The summed E-state index contributed by atoms with van der Waals surface area (Å²) in [6.07, 6.45) is 0.809. The predicted octanol–water partition coefficient (Wildman–Crippen LogP) is -0.421. The van der Waals surface area contributed by atoms with E-state index in [1.807, 2.05) is 6.92 Å². The Hall–Kier alpha value is -0.610. The second-order valence-corrected chi connectivity index (χ2v) is 3.77. The van der Waals surface area contributed by atoms with E-state index in [9.17, 15) is 9.90 Å². The zero-order chi connectivity index (χ0) is 9.90. The first-order valence-electron chi connectivity index (χ1n) is 4.75. The minimum atomic E-state index is -0.462. The largest absolute Gasteiger partial charge is 0.387 e. The summed E-state index contributed by atoms with van der Waals surface area (Å²) < 4.78 is 0. The highest BCUT2D eigenvalue weighted by molar-refractivity contribution is 5.72. The van der Waals surface area contributed by atoms with Crippen molar-refractivity contribution in [1.82, 2.24) is 10.2 Å². The summed E-state index contributed by atoms with van der Waals surface area (Å²) in [5.41, 5.74) is -0.462. The third kappa shape index (κ3) is 2.97. The predicted molar refractivity (Wildman–Crippen MR) is 50.4 cm³/mol. The number of nitrogens with zero attached hydrogens (tertiary/aromatic N) is 1. The summed E-state index contributed by atoms with van der Waals surface area (Å²) in [4.78, 5) is 12.7. The van der Waals surface area contributed by atoms with Crippen LogP contribution in [0.25, 0.3) is 0 Å². The summed E-state index contributed by atoms with van der Waals surface area (Å²) in [7, 11) is 0. The maximum absolute atomic E-state index is 10.5. The quantitative estimate of drug-likeness (QED) is 0.627. The normalized spacial score (nSPS) is 20.8. The molecular weight excluding hydrogens is 168 g/mol. The van der Waals surface area contributed by atoms with Crippen LogP contribution in [0.3, 0.4) is 0 Å². The molecule has 4 nitrogen and oxygen atoms in total. The SMILES string of the molecule is CCC1(O)CN(CCNC(C)=O)C1. The van der Waals surface area contributed by atoms with Gasteiger partial charge in [-0.15, -0.1) is 0 Å². The van der Waals surface area contributed by atoms with Gasteiger partial charge in [0.2, 0.25) is 5.91 Å². The van der Waals surface area contributed by atoms with Gasteiger partial charge in [-0.25, -0.2) is 0 Å². The van der Waals surface area contributed by atoms with Gasteiger partial charge in [0.15, 0.2) is 0 Å². The molecule has 1 rings (SSSR count). The molecule has 1 saturated heterocycles. The van der Waals surface area contributed by atoms with E-state index in [2.05, 4.69) is 10.2 Å². The smallest absolute Gasteiger partial charge is 0.216 e. The van der Waals surface area contributed by atoms with Crippen LogP contribution < -0.4 is 5.32 Å². The Kier molecular flexibility index (Phi) is 3.27. The monoisotopic (exact) mass is 186 g/mol. The average Bonchev–Trinajstić information content (AvgIpc) is 2.00. The number of carbonyl (C=O) groups is 1. The van der Waals surface area contributed by atoms with E-state index in [0.29, 0.717) is 6.54 Å². The number of aliphatic hydroxyl groups is 1. The molecule has 0 spiro atoms. The van der Waals surface area contributed by atoms with Crippen LogP contribution >= 0.6 is 0 Å². The lowest BCUT2D eigenvalue weighted by Gasteiger charge is -2.46. The Morgan fingerprint density at radius 3 is 2.69 bits per heavy atom. The van der Waals surface area contributed by atoms with E-state index in [-0.39, 0.29) is 5.91 Å². The molecule has 1 aliphatic rings. The molecule has 0 bridgehead atoms. The molecule has 0 aromatic heterocycles. The zero-order valence-corrected chi connectivity index (χ0v) is 8.34. The summed E-state index contributed by atoms with van der Waals surface area (Å²) in [6, 6.07) is 0. The van der Waals surface area contributed by atoms with Crippen molar-refractivity contribution in [3.8, 4) is 0 Å². The third-order valence-electron chi connectivity index (χ3n) is 2.50. The number of likely N-dealkylation sites (tertiary alicyclic amines) is 1. The molecule has 1 fully saturated rings. The van der Waals surface area contributed by atoms with Gasteiger partial charge < -0.3 is 10.4 Å². The fourth-order valence-corrected chi connectivity index (χ4v) is 1.56. The summed E-state index contributed by atoms with van der Waals surface area (Å²) in [6.45, 7) is 6.49. The van der Waals surface area contributed by atoms with Gasteiger partial charge in [-0.2, -0.15) is 0 Å². The second-order valence-electron chi connectivity index (χ2n) is 3.77. The van der Waals surface area contributed by atoms with E-state index >= 15 is 0 Å². The number of amides is 1. The first kappa shape index (κ1) is 10.5. The molecule has 4 heteroatoms. The van der Waals surface area contributed by atoms with Gasteiger partial charge >= 0.3 is 0 Å². The van der Waals surface area contributed by atoms with E-state index in [4.69, 9.17) is 0 Å². The van der Waals surface area contributed by atoms with Crippen molar-refractivity contribution in [1.29, 1.82) is 0 Å². The van der Waals surface area contributed by atoms with Crippen molar-refractivity contribution in [2.75, 3.05) is 26.2 Å². The molecule has 0 radical (unpaired) electrons. The lowest BCUT2D eigenvalue weighted by atomic mass is 9.91. The van der Waals surface area contributed by atoms with E-state index in [1.54, 1.807) is 0 Å². The Balaban J connectivity index is 2.05. The van der Waals surface area contributed by atoms with Gasteiger partial charge in [0.25, 0.3) is 0 Å². The highest BCUT2D eigenvalue weighted by Crippen LogP contribution is 2.22. The van der Waals surface area contributed by atoms with Crippen LogP contribution in [-0.4, -0.2) is 47.7 Å². The van der Waals surface area contributed by atoms with Gasteiger partial charge in [0, 0.05) is 33.1 Å². The Morgan fingerprint density at radius 1 is 1.62 bits per heavy atom. The first-order chi connectivity index (χ1) is 6.06. The molecule has 0 aromatic carbocycles. The van der Waals surface area contributed by atoms with Crippen molar-refractivity contribution in [3.63, 3.8) is 0 Å². The topological polar surface area (TPSA) is 52.6 Å². The van der Waals surface area contributed by atoms with Crippen molar-refractivity contribution in [2.24, 2.45) is 0 Å². The zero-order valence-electron chi connectivity index (χ0n) is 8.34. The third-order valence-corrected chi connectivity index (χ3v) is 2.50. The minimum absolute atomic E-state index is 0.00581. The molecule has 13 heavy (non-hydrogen) atoms. The molecule has 1 heterocycles. The summed E-state index contributed by atoms with van der Waals surface area (Å²) in [5.74, 6) is 0.00581. The molecule has 0 aromatic rings. The fourth-order valence-electron chi connectivity index (χ4n) is 1.56. The number of β-amino-alcohol motifs (C(OH)–C–C–N with tert-alkyl or cyclic N) is 1. The number of rotatable bonds is 4. The highest BCUT2D eigenvalue weighted by atomic mass is 16.3. The van der Waals surface area contributed by atoms with Gasteiger partial charge in [-0.05, 0) is 6.42 Å². The molecule has 1 amide bonds. The van der Waals surface area contributed by atoms with Gasteiger partial charge in [0.05, 0.1) is 5.60 Å². The Bertz CT molecular complexity index is 188. The van der Waals surface area contributed by atoms with Gasteiger partial charge in [0.1, 0.15) is 0 Å². The summed E-state index contributed by atoms with van der Waals surface area (Å²) >= 11 is 0. The van der Waals surface area contributed by atoms with Gasteiger partial charge in [-0.1, -0.05) is 6.92 Å². The maximum Gasteiger partial charge on any atom is 0.216 e. The van der Waals surface area contributed by atoms with Crippen LogP contribution in [0.4, 0.5) is 0 Å². The molecule has 2 N–H and O–H groups in total. The van der Waals surface area contributed by atoms with Crippen LogP contribution in [-0.2, 0) is 4.79 Å². The molecule has 1 aliphatic heterocycles. The van der Waals surface area contributed by atoms with Crippen molar-refractivity contribution in [2.45, 2.75) is 25.9 Å².